The number of nitrogens with zero attached hydrogens (tertiary/aromatic N) is 2. The molecule has 156 valence electrons. The van der Waals surface area contributed by atoms with Gasteiger partial charge in [0.1, 0.15) is 5.82 Å². The Bertz CT molecular complexity index is 1220. The van der Waals surface area contributed by atoms with Gasteiger partial charge in [0.15, 0.2) is 0 Å². The molecule has 0 spiro atoms. The summed E-state index contributed by atoms with van der Waals surface area (Å²) < 4.78 is 2.09. The van der Waals surface area contributed by atoms with Gasteiger partial charge in [-0.2, -0.15) is 0 Å². The summed E-state index contributed by atoms with van der Waals surface area (Å²) in [5.41, 5.74) is 6.19. The number of rotatable bonds is 7. The van der Waals surface area contributed by atoms with Crippen molar-refractivity contribution in [1.82, 2.24) is 15.0 Å². The molecular formula is C25H23N3O3. The van der Waals surface area contributed by atoms with Gasteiger partial charge in [0.25, 0.3) is 5.91 Å². The molecule has 6 heteroatoms. The highest BCUT2D eigenvalue weighted by Crippen LogP contribution is 2.30. The van der Waals surface area contributed by atoms with Gasteiger partial charge in [0, 0.05) is 11.6 Å². The van der Waals surface area contributed by atoms with Crippen LogP contribution in [0.4, 0.5) is 0 Å². The van der Waals surface area contributed by atoms with Crippen LogP contribution in [0.3, 0.4) is 0 Å². The minimum atomic E-state index is -0.596. The van der Waals surface area contributed by atoms with Crippen LogP contribution in [0.15, 0.2) is 84.9 Å². The number of hydroxylamine groups is 1. The van der Waals surface area contributed by atoms with Crippen LogP contribution in [-0.2, 0) is 11.2 Å². The van der Waals surface area contributed by atoms with Gasteiger partial charge in [0.05, 0.1) is 23.7 Å². The molecule has 0 radical (unpaired) electrons. The topological polar surface area (TPSA) is 87.4 Å². The number of aliphatic hydroxyl groups is 1. The molecule has 6 nitrogen and oxygen atoms in total. The third-order valence-corrected chi connectivity index (χ3v) is 5.17. The highest BCUT2D eigenvalue weighted by Gasteiger charge is 2.20. The number of hydrogen-bond donors (Lipinski definition) is 3. The van der Waals surface area contributed by atoms with Crippen molar-refractivity contribution in [2.24, 2.45) is 0 Å². The van der Waals surface area contributed by atoms with Crippen LogP contribution < -0.4 is 5.48 Å². The molecule has 3 N–H and O–H groups in total. The van der Waals surface area contributed by atoms with Gasteiger partial charge in [-0.1, -0.05) is 60.7 Å². The van der Waals surface area contributed by atoms with E-state index in [-0.39, 0.29) is 12.6 Å². The van der Waals surface area contributed by atoms with E-state index >= 15 is 0 Å². The molecule has 1 heterocycles. The number of imidazole rings is 1. The van der Waals surface area contributed by atoms with Gasteiger partial charge in [-0.25, -0.2) is 10.5 Å². The van der Waals surface area contributed by atoms with Crippen molar-refractivity contribution in [2.75, 3.05) is 6.61 Å². The first kappa shape index (κ1) is 20.5. The lowest BCUT2D eigenvalue weighted by Crippen LogP contribution is -2.17. The first-order valence-electron chi connectivity index (χ1n) is 10.0. The Morgan fingerprint density at radius 3 is 2.58 bits per heavy atom. The third-order valence-electron chi connectivity index (χ3n) is 5.17. The predicted molar refractivity (Wildman–Crippen MR) is 120 cm³/mol. The van der Waals surface area contributed by atoms with Gasteiger partial charge in [-0.05, 0) is 41.8 Å². The van der Waals surface area contributed by atoms with Crippen LogP contribution in [0.2, 0.25) is 0 Å². The van der Waals surface area contributed by atoms with E-state index in [2.05, 4.69) is 16.7 Å². The van der Waals surface area contributed by atoms with E-state index in [1.54, 1.807) is 11.6 Å². The van der Waals surface area contributed by atoms with Crippen molar-refractivity contribution in [1.29, 1.82) is 0 Å². The number of amides is 1. The lowest BCUT2D eigenvalue weighted by molar-refractivity contribution is -0.124. The van der Waals surface area contributed by atoms with E-state index in [4.69, 9.17) is 10.2 Å². The Morgan fingerprint density at radius 2 is 1.81 bits per heavy atom. The lowest BCUT2D eigenvalue weighted by atomic mass is 10.0. The molecule has 4 rings (SSSR count). The quantitative estimate of drug-likeness (QED) is 0.243. The minimum Gasteiger partial charge on any atom is -0.394 e. The predicted octanol–water partition coefficient (Wildman–Crippen LogP) is 4.00. The summed E-state index contributed by atoms with van der Waals surface area (Å²) in [5.74, 6) is 0.152. The van der Waals surface area contributed by atoms with Crippen molar-refractivity contribution >= 4 is 23.0 Å². The number of nitrogens with one attached hydrogen (secondary N) is 1. The molecule has 0 saturated carbocycles. The van der Waals surface area contributed by atoms with Crippen molar-refractivity contribution in [3.63, 3.8) is 0 Å². The first-order chi connectivity index (χ1) is 15.2. The van der Waals surface area contributed by atoms with E-state index in [0.29, 0.717) is 6.42 Å². The fourth-order valence-corrected chi connectivity index (χ4v) is 3.73. The molecule has 0 fully saturated rings. The van der Waals surface area contributed by atoms with Gasteiger partial charge >= 0.3 is 0 Å². The van der Waals surface area contributed by atoms with Crippen molar-refractivity contribution in [3.8, 4) is 11.4 Å². The third kappa shape index (κ3) is 4.55. The van der Waals surface area contributed by atoms with Gasteiger partial charge < -0.3 is 9.67 Å². The molecule has 0 saturated heterocycles. The number of aliphatic hydroxyl groups excluding tert-OH is 1. The van der Waals surface area contributed by atoms with Gasteiger partial charge in [0.2, 0.25) is 0 Å². The number of para-hydroxylation sites is 2. The monoisotopic (exact) mass is 413 g/mol. The fourth-order valence-electron chi connectivity index (χ4n) is 3.73. The molecule has 31 heavy (non-hydrogen) atoms. The molecule has 1 amide bonds. The molecule has 0 aliphatic heterocycles. The molecule has 0 unspecified atom stereocenters. The second kappa shape index (κ2) is 9.38. The Labute approximate surface area is 180 Å². The average Bonchev–Trinajstić information content (AvgIpc) is 3.21. The minimum absolute atomic E-state index is 0.0293. The fraction of sp³-hybridized carbons (Fsp3) is 0.120. The molecule has 1 aromatic heterocycles. The van der Waals surface area contributed by atoms with Crippen LogP contribution in [0.5, 0.6) is 0 Å². The molecule has 0 aliphatic carbocycles. The number of fused-ring (bicyclic) bond motifs is 1. The summed E-state index contributed by atoms with van der Waals surface area (Å²) in [5, 5.41) is 19.0. The van der Waals surface area contributed by atoms with E-state index in [1.807, 2.05) is 66.7 Å². The Hall–Kier alpha value is -3.74. The highest BCUT2D eigenvalue weighted by atomic mass is 16.5. The Kier molecular flexibility index (Phi) is 6.21. The number of carbonyl (C=O) groups excluding carboxylic acids is 1. The Balaban J connectivity index is 1.80. The largest absolute Gasteiger partial charge is 0.394 e. The maximum atomic E-state index is 11.3. The molecule has 3 aromatic carbocycles. The van der Waals surface area contributed by atoms with Crippen LogP contribution in [-0.4, -0.2) is 32.4 Å². The van der Waals surface area contributed by atoms with Crippen molar-refractivity contribution < 1.29 is 15.1 Å². The SMILES string of the molecule is O=C(C=Cc1cccc(-c2nc3ccccc3n2[C@@H](CO)Cc2ccccc2)c1)NO. The summed E-state index contributed by atoms with van der Waals surface area (Å²) in [6, 6.07) is 25.4. The molecule has 4 aromatic rings. The molecular weight excluding hydrogens is 390 g/mol. The summed E-state index contributed by atoms with van der Waals surface area (Å²) >= 11 is 0. The number of benzene rings is 3. The summed E-state index contributed by atoms with van der Waals surface area (Å²) in [4.78, 5) is 16.2. The van der Waals surface area contributed by atoms with Crippen molar-refractivity contribution in [2.45, 2.75) is 12.5 Å². The zero-order chi connectivity index (χ0) is 21.6. The average molecular weight is 413 g/mol. The summed E-state index contributed by atoms with van der Waals surface area (Å²) in [6.45, 7) is -0.0293. The standard InChI is InChI=1S/C25H23N3O3/c29-17-21(16-18-7-2-1-3-8-18)28-23-12-5-4-11-22(23)26-25(28)20-10-6-9-19(15-20)13-14-24(30)27-31/h1-15,21,29,31H,16-17H2,(H,27,30)/t21-/m1/s1. The number of aromatic nitrogens is 2. The zero-order valence-electron chi connectivity index (χ0n) is 16.8. The second-order valence-electron chi connectivity index (χ2n) is 7.26. The normalized spacial score (nSPS) is 12.3. The number of hydrogen-bond acceptors (Lipinski definition) is 4. The van der Waals surface area contributed by atoms with Crippen LogP contribution in [0, 0.1) is 0 Å². The van der Waals surface area contributed by atoms with Crippen LogP contribution in [0.1, 0.15) is 17.2 Å². The second-order valence-corrected chi connectivity index (χ2v) is 7.26. The van der Waals surface area contributed by atoms with Crippen LogP contribution >= 0.6 is 0 Å². The van der Waals surface area contributed by atoms with Gasteiger partial charge in [-0.15, -0.1) is 0 Å². The summed E-state index contributed by atoms with van der Waals surface area (Å²) in [6.07, 6.45) is 3.55. The molecule has 1 atom stereocenters. The van der Waals surface area contributed by atoms with Crippen molar-refractivity contribution in [3.05, 3.63) is 96.1 Å². The molecule has 0 aliphatic rings. The maximum Gasteiger partial charge on any atom is 0.267 e. The van der Waals surface area contributed by atoms with E-state index < -0.39 is 5.91 Å². The molecule has 0 bridgehead atoms. The van der Waals surface area contributed by atoms with Gasteiger partial charge in [-0.3, -0.25) is 10.0 Å². The van der Waals surface area contributed by atoms with Crippen LogP contribution in [0.25, 0.3) is 28.5 Å². The van der Waals surface area contributed by atoms with E-state index in [0.717, 1.165) is 33.5 Å². The van der Waals surface area contributed by atoms with E-state index in [1.165, 1.54) is 6.08 Å². The maximum absolute atomic E-state index is 11.3. The first-order valence-corrected chi connectivity index (χ1v) is 10.0. The van der Waals surface area contributed by atoms with E-state index in [9.17, 15) is 9.90 Å². The lowest BCUT2D eigenvalue weighted by Gasteiger charge is -2.20. The summed E-state index contributed by atoms with van der Waals surface area (Å²) in [7, 11) is 0. The zero-order valence-corrected chi connectivity index (χ0v) is 16.8. The smallest absolute Gasteiger partial charge is 0.267 e. The Morgan fingerprint density at radius 1 is 1.03 bits per heavy atom. The number of carbonyl (C=O) groups is 1. The highest BCUT2D eigenvalue weighted by molar-refractivity contribution is 5.91.